The van der Waals surface area contributed by atoms with Crippen molar-refractivity contribution in [3.63, 3.8) is 0 Å². The van der Waals surface area contributed by atoms with Gasteiger partial charge in [0.05, 0.1) is 11.4 Å². The quantitative estimate of drug-likeness (QED) is 0.169. The van der Waals surface area contributed by atoms with E-state index in [1.165, 1.54) is 80.8 Å². The molecule has 1 heterocycles. The average Bonchev–Trinajstić information content (AvgIpc) is 3.61. The molecular weight excluding hydrogens is 647 g/mol. The second-order valence-corrected chi connectivity index (χ2v) is 14.3. The van der Waals surface area contributed by atoms with E-state index in [1.807, 2.05) is 11.3 Å². The maximum absolute atomic E-state index is 2.48. The molecule has 0 fully saturated rings. The fourth-order valence-corrected chi connectivity index (χ4v) is 9.04. The molecule has 0 radical (unpaired) electrons. The van der Waals surface area contributed by atoms with E-state index < -0.39 is 0 Å². The Hall–Kier alpha value is -6.48. The topological polar surface area (TPSA) is 3.24 Å². The van der Waals surface area contributed by atoms with Gasteiger partial charge in [-0.1, -0.05) is 164 Å². The van der Waals surface area contributed by atoms with Gasteiger partial charge in [-0.3, -0.25) is 0 Å². The van der Waals surface area contributed by atoms with E-state index in [4.69, 9.17) is 0 Å². The maximum Gasteiger partial charge on any atom is 0.0555 e. The molecule has 244 valence electrons. The van der Waals surface area contributed by atoms with Gasteiger partial charge >= 0.3 is 0 Å². The molecule has 1 aromatic heterocycles. The van der Waals surface area contributed by atoms with E-state index in [0.717, 1.165) is 11.4 Å². The van der Waals surface area contributed by atoms with Crippen molar-refractivity contribution in [3.05, 3.63) is 200 Å². The van der Waals surface area contributed by atoms with Gasteiger partial charge in [-0.15, -0.1) is 11.3 Å². The molecule has 0 aliphatic carbocycles. The Kier molecular flexibility index (Phi) is 7.41. The highest BCUT2D eigenvalue weighted by Crippen LogP contribution is 2.49. The van der Waals surface area contributed by atoms with Gasteiger partial charge in [-0.25, -0.2) is 0 Å². The van der Waals surface area contributed by atoms with Crippen LogP contribution in [0.3, 0.4) is 0 Å². The third-order valence-corrected chi connectivity index (χ3v) is 11.4. The molecule has 10 aromatic rings. The summed E-state index contributed by atoms with van der Waals surface area (Å²) < 4.78 is 2.60. The lowest BCUT2D eigenvalue weighted by atomic mass is 9.95. The summed E-state index contributed by atoms with van der Waals surface area (Å²) in [5.74, 6) is 0. The molecule has 9 aromatic carbocycles. The van der Waals surface area contributed by atoms with Crippen molar-refractivity contribution >= 4 is 70.1 Å². The van der Waals surface area contributed by atoms with Crippen LogP contribution in [0.2, 0.25) is 0 Å². The van der Waals surface area contributed by atoms with Crippen LogP contribution in [0.1, 0.15) is 0 Å². The van der Waals surface area contributed by atoms with Crippen molar-refractivity contribution in [2.75, 3.05) is 4.90 Å². The number of rotatable bonds is 6. The van der Waals surface area contributed by atoms with E-state index in [9.17, 15) is 0 Å². The van der Waals surface area contributed by atoms with Gasteiger partial charge in [0, 0.05) is 36.6 Å². The van der Waals surface area contributed by atoms with Crippen molar-refractivity contribution in [3.8, 4) is 33.4 Å². The number of nitrogens with zero attached hydrogens (tertiary/aromatic N) is 1. The maximum atomic E-state index is 2.48. The van der Waals surface area contributed by atoms with E-state index >= 15 is 0 Å². The summed E-state index contributed by atoms with van der Waals surface area (Å²) in [6.45, 7) is 0. The SMILES string of the molecule is c1ccc(-c2ccc(-c3cccc(N(c4cccc5ccccc45)c4cccc5sc6c7ccccc7c(-c7ccccc7)cc6c45)c3)cc2)cc1. The minimum Gasteiger partial charge on any atom is -0.309 e. The summed E-state index contributed by atoms with van der Waals surface area (Å²) in [6, 6.07) is 72.9. The number of hydrogen-bond acceptors (Lipinski definition) is 2. The monoisotopic (exact) mass is 679 g/mol. The molecule has 0 spiro atoms. The summed E-state index contributed by atoms with van der Waals surface area (Å²) in [5.41, 5.74) is 10.8. The first-order valence-electron chi connectivity index (χ1n) is 17.8. The van der Waals surface area contributed by atoms with Gasteiger partial charge in [0.15, 0.2) is 0 Å². The van der Waals surface area contributed by atoms with Crippen LogP contribution >= 0.6 is 11.3 Å². The smallest absolute Gasteiger partial charge is 0.0555 e. The van der Waals surface area contributed by atoms with Crippen LogP contribution in [0, 0.1) is 0 Å². The minimum atomic E-state index is 1.12. The van der Waals surface area contributed by atoms with Crippen LogP contribution in [0.15, 0.2) is 200 Å². The Morgan fingerprint density at radius 2 is 0.904 bits per heavy atom. The average molecular weight is 680 g/mol. The number of benzene rings is 9. The zero-order valence-electron chi connectivity index (χ0n) is 28.4. The van der Waals surface area contributed by atoms with Crippen molar-refractivity contribution < 1.29 is 0 Å². The highest BCUT2D eigenvalue weighted by atomic mass is 32.1. The molecule has 2 heteroatoms. The van der Waals surface area contributed by atoms with Crippen molar-refractivity contribution in [2.45, 2.75) is 0 Å². The van der Waals surface area contributed by atoms with Crippen LogP contribution in [0.4, 0.5) is 17.1 Å². The number of thiophene rings is 1. The summed E-state index contributed by atoms with van der Waals surface area (Å²) in [7, 11) is 0. The molecule has 0 unspecified atom stereocenters. The fraction of sp³-hybridized carbons (Fsp3) is 0. The first-order chi connectivity index (χ1) is 25.8. The Balaban J connectivity index is 1.22. The summed E-state index contributed by atoms with van der Waals surface area (Å²) in [4.78, 5) is 2.48. The summed E-state index contributed by atoms with van der Waals surface area (Å²) >= 11 is 1.89. The van der Waals surface area contributed by atoms with Crippen molar-refractivity contribution in [1.29, 1.82) is 0 Å². The van der Waals surface area contributed by atoms with Gasteiger partial charge < -0.3 is 4.90 Å². The molecule has 52 heavy (non-hydrogen) atoms. The fourth-order valence-electron chi connectivity index (χ4n) is 7.79. The minimum absolute atomic E-state index is 1.12. The molecule has 0 saturated carbocycles. The highest BCUT2D eigenvalue weighted by molar-refractivity contribution is 7.26. The third-order valence-electron chi connectivity index (χ3n) is 10.2. The zero-order valence-corrected chi connectivity index (χ0v) is 29.2. The van der Waals surface area contributed by atoms with Gasteiger partial charge in [0.2, 0.25) is 0 Å². The molecule has 0 atom stereocenters. The summed E-state index contributed by atoms with van der Waals surface area (Å²) in [5, 5.41) is 7.57. The normalized spacial score (nSPS) is 11.5. The van der Waals surface area contributed by atoms with E-state index in [2.05, 4.69) is 205 Å². The van der Waals surface area contributed by atoms with Gasteiger partial charge in [0.1, 0.15) is 0 Å². The van der Waals surface area contributed by atoms with Crippen LogP contribution in [0.5, 0.6) is 0 Å². The molecule has 10 rings (SSSR count). The largest absolute Gasteiger partial charge is 0.309 e. The molecule has 0 N–H and O–H groups in total. The second kappa shape index (κ2) is 12.7. The highest BCUT2D eigenvalue weighted by Gasteiger charge is 2.22. The second-order valence-electron chi connectivity index (χ2n) is 13.3. The molecule has 0 aliphatic heterocycles. The van der Waals surface area contributed by atoms with E-state index in [0.29, 0.717) is 0 Å². The first kappa shape index (κ1) is 30.4. The summed E-state index contributed by atoms with van der Waals surface area (Å²) in [6.07, 6.45) is 0. The predicted octanol–water partition coefficient (Wildman–Crippen LogP) is 14.8. The number of hydrogen-bond donors (Lipinski definition) is 0. The molecule has 0 amide bonds. The Morgan fingerprint density at radius 1 is 0.346 bits per heavy atom. The van der Waals surface area contributed by atoms with Crippen LogP contribution in [0.25, 0.3) is 75.1 Å². The van der Waals surface area contributed by atoms with E-state index in [1.54, 1.807) is 0 Å². The van der Waals surface area contributed by atoms with Gasteiger partial charge in [0.25, 0.3) is 0 Å². The molecule has 1 nitrogen and oxygen atoms in total. The predicted molar refractivity (Wildman–Crippen MR) is 225 cm³/mol. The first-order valence-corrected chi connectivity index (χ1v) is 18.6. The van der Waals surface area contributed by atoms with Crippen molar-refractivity contribution in [2.24, 2.45) is 0 Å². The Morgan fingerprint density at radius 3 is 1.69 bits per heavy atom. The Labute approximate surface area is 307 Å². The van der Waals surface area contributed by atoms with Crippen LogP contribution in [-0.4, -0.2) is 0 Å². The van der Waals surface area contributed by atoms with Gasteiger partial charge in [-0.05, 0) is 80.6 Å². The van der Waals surface area contributed by atoms with Crippen LogP contribution in [-0.2, 0) is 0 Å². The lowest BCUT2D eigenvalue weighted by Gasteiger charge is -2.28. The standard InChI is InChI=1S/C50H33NS/c1-3-14-34(15-4-1)35-28-30-36(31-29-35)39-20-11-21-40(32-39)51(46-25-12-19-37-18-7-8-22-41(37)46)47-26-13-27-48-49(47)45-33-44(38-16-5-2-6-17-38)42-23-9-10-24-43(42)50(45)52-48/h1-33H. The molecule has 0 saturated heterocycles. The lowest BCUT2D eigenvalue weighted by molar-refractivity contribution is 1.32. The molecule has 0 bridgehead atoms. The third kappa shape index (κ3) is 5.16. The zero-order chi connectivity index (χ0) is 34.4. The lowest BCUT2D eigenvalue weighted by Crippen LogP contribution is -2.11. The van der Waals surface area contributed by atoms with E-state index in [-0.39, 0.29) is 0 Å². The molecular formula is C50H33NS. The van der Waals surface area contributed by atoms with Crippen molar-refractivity contribution in [1.82, 2.24) is 0 Å². The Bertz CT molecular complexity index is 2880. The number of anilines is 3. The molecule has 0 aliphatic rings. The van der Waals surface area contributed by atoms with Gasteiger partial charge in [-0.2, -0.15) is 0 Å². The van der Waals surface area contributed by atoms with Crippen LogP contribution < -0.4 is 4.90 Å². The number of fused-ring (bicyclic) bond motifs is 6.